The molecule has 4 N–H and O–H groups in total. The summed E-state index contributed by atoms with van der Waals surface area (Å²) < 4.78 is 0. The van der Waals surface area contributed by atoms with E-state index in [0.29, 0.717) is 17.4 Å². The molecule has 2 nitrogen and oxygen atoms in total. The van der Waals surface area contributed by atoms with E-state index in [1.165, 1.54) is 0 Å². The quantitative estimate of drug-likeness (QED) is 0.534. The van der Waals surface area contributed by atoms with Gasteiger partial charge in [-0.05, 0) is 24.3 Å². The van der Waals surface area contributed by atoms with Gasteiger partial charge in [0.1, 0.15) is 0 Å². The highest BCUT2D eigenvalue weighted by molar-refractivity contribution is 4.99. The van der Waals surface area contributed by atoms with Crippen LogP contribution < -0.4 is 11.5 Å². The van der Waals surface area contributed by atoms with Crippen molar-refractivity contribution in [1.29, 1.82) is 0 Å². The van der Waals surface area contributed by atoms with Gasteiger partial charge in [0.25, 0.3) is 0 Å². The molecule has 2 atom stereocenters. The summed E-state index contributed by atoms with van der Waals surface area (Å²) >= 11 is 0. The highest BCUT2D eigenvalue weighted by atomic mass is 14.8. The number of hydrogen-bond donors (Lipinski definition) is 2. The number of hydrogen-bond acceptors (Lipinski definition) is 2. The predicted octanol–water partition coefficient (Wildman–Crippen LogP) is 0.319. The topological polar surface area (TPSA) is 52.0 Å². The van der Waals surface area contributed by atoms with Crippen molar-refractivity contribution in [3.8, 4) is 0 Å². The summed E-state index contributed by atoms with van der Waals surface area (Å²) in [7, 11) is 0. The molecule has 1 aliphatic rings. The Balaban J connectivity index is 2.48. The molecule has 0 heterocycles. The van der Waals surface area contributed by atoms with Gasteiger partial charge in [-0.3, -0.25) is 0 Å². The lowest BCUT2D eigenvalue weighted by atomic mass is 9.59. The van der Waals surface area contributed by atoms with Crippen molar-refractivity contribution in [3.05, 3.63) is 0 Å². The van der Waals surface area contributed by atoms with Crippen LogP contribution in [0.25, 0.3) is 0 Å². The molecule has 0 unspecified atom stereocenters. The van der Waals surface area contributed by atoms with Crippen molar-refractivity contribution >= 4 is 0 Å². The Morgan fingerprint density at radius 1 is 1.56 bits per heavy atom. The Labute approximate surface area is 56.6 Å². The first-order valence-corrected chi connectivity index (χ1v) is 3.54. The molecule has 0 aliphatic heterocycles. The Morgan fingerprint density at radius 2 is 2.11 bits per heavy atom. The Morgan fingerprint density at radius 3 is 2.22 bits per heavy atom. The van der Waals surface area contributed by atoms with E-state index < -0.39 is 0 Å². The maximum absolute atomic E-state index is 5.77. The summed E-state index contributed by atoms with van der Waals surface area (Å²) in [6, 6.07) is 0.381. The number of nitrogens with two attached hydrogens (primary N) is 2. The first-order chi connectivity index (χ1) is 4.09. The van der Waals surface area contributed by atoms with E-state index in [1.54, 1.807) is 0 Å². The summed E-state index contributed by atoms with van der Waals surface area (Å²) in [5, 5.41) is 0. The van der Waals surface area contributed by atoms with E-state index in [2.05, 4.69) is 13.8 Å². The fourth-order valence-corrected chi connectivity index (χ4v) is 1.46. The van der Waals surface area contributed by atoms with Crippen molar-refractivity contribution in [2.45, 2.75) is 26.3 Å². The lowest BCUT2D eigenvalue weighted by molar-refractivity contribution is 0.0449. The van der Waals surface area contributed by atoms with Crippen molar-refractivity contribution in [2.24, 2.45) is 22.8 Å². The second-order valence-electron chi connectivity index (χ2n) is 3.60. The Kier molecular flexibility index (Phi) is 1.53. The highest BCUT2D eigenvalue weighted by Crippen LogP contribution is 2.43. The van der Waals surface area contributed by atoms with Crippen LogP contribution in [0.5, 0.6) is 0 Å². The summed E-state index contributed by atoms with van der Waals surface area (Å²) in [6.45, 7) is 5.18. The first kappa shape index (κ1) is 7.03. The van der Waals surface area contributed by atoms with Crippen molar-refractivity contribution in [1.82, 2.24) is 0 Å². The smallest absolute Gasteiger partial charge is 0.00967 e. The van der Waals surface area contributed by atoms with Crippen molar-refractivity contribution < 1.29 is 0 Å². The lowest BCUT2D eigenvalue weighted by Crippen LogP contribution is -2.56. The molecule has 1 rings (SSSR count). The van der Waals surface area contributed by atoms with Crippen molar-refractivity contribution in [3.63, 3.8) is 0 Å². The van der Waals surface area contributed by atoms with Crippen LogP contribution in [0.15, 0.2) is 0 Å². The summed E-state index contributed by atoms with van der Waals surface area (Å²) in [5.74, 6) is 0.660. The third kappa shape index (κ3) is 0.864. The molecule has 9 heavy (non-hydrogen) atoms. The zero-order valence-electron chi connectivity index (χ0n) is 6.22. The monoisotopic (exact) mass is 128 g/mol. The van der Waals surface area contributed by atoms with Gasteiger partial charge in [0.05, 0.1) is 0 Å². The van der Waals surface area contributed by atoms with E-state index in [9.17, 15) is 0 Å². The molecule has 2 heteroatoms. The first-order valence-electron chi connectivity index (χ1n) is 3.54. The van der Waals surface area contributed by atoms with Gasteiger partial charge in [0, 0.05) is 6.04 Å². The second-order valence-corrected chi connectivity index (χ2v) is 3.60. The standard InChI is InChI=1S/C7H16N2/c1-7(2)5(4-8)3-6(7)9/h5-6H,3-4,8-9H2,1-2H3/t5-,6-/m1/s1. The molecule has 0 amide bonds. The molecule has 0 radical (unpaired) electrons. The molecule has 54 valence electrons. The van der Waals surface area contributed by atoms with Crippen LogP contribution in [-0.2, 0) is 0 Å². The SMILES string of the molecule is CC1(C)[C@@H](CN)C[C@H]1N. The van der Waals surface area contributed by atoms with E-state index in [1.807, 2.05) is 0 Å². The second kappa shape index (κ2) is 1.96. The third-order valence-electron chi connectivity index (χ3n) is 2.83. The van der Waals surface area contributed by atoms with E-state index in [4.69, 9.17) is 11.5 Å². The van der Waals surface area contributed by atoms with Crippen LogP contribution in [0.2, 0.25) is 0 Å². The lowest BCUT2D eigenvalue weighted by Gasteiger charge is -2.50. The summed E-state index contributed by atoms with van der Waals surface area (Å²) in [4.78, 5) is 0. The van der Waals surface area contributed by atoms with E-state index >= 15 is 0 Å². The minimum atomic E-state index is 0.300. The molecular weight excluding hydrogens is 112 g/mol. The Bertz CT molecular complexity index is 109. The minimum absolute atomic E-state index is 0.300. The zero-order valence-corrected chi connectivity index (χ0v) is 6.22. The number of rotatable bonds is 1. The van der Waals surface area contributed by atoms with E-state index in [-0.39, 0.29) is 0 Å². The highest BCUT2D eigenvalue weighted by Gasteiger charge is 2.44. The molecule has 0 spiro atoms. The van der Waals surface area contributed by atoms with Crippen LogP contribution >= 0.6 is 0 Å². The molecule has 0 aromatic rings. The maximum atomic E-state index is 5.77. The molecule has 0 aromatic carbocycles. The minimum Gasteiger partial charge on any atom is -0.330 e. The van der Waals surface area contributed by atoms with Crippen LogP contribution in [0, 0.1) is 11.3 Å². The van der Waals surface area contributed by atoms with Gasteiger partial charge in [-0.25, -0.2) is 0 Å². The average molecular weight is 128 g/mol. The maximum Gasteiger partial charge on any atom is 0.00967 e. The van der Waals surface area contributed by atoms with Gasteiger partial charge in [-0.1, -0.05) is 13.8 Å². The van der Waals surface area contributed by atoms with Crippen LogP contribution in [0.3, 0.4) is 0 Å². The molecule has 0 aromatic heterocycles. The van der Waals surface area contributed by atoms with Gasteiger partial charge < -0.3 is 11.5 Å². The third-order valence-corrected chi connectivity index (χ3v) is 2.83. The zero-order chi connectivity index (χ0) is 7.07. The Hall–Kier alpha value is -0.0800. The average Bonchev–Trinajstić information content (AvgIpc) is 1.82. The van der Waals surface area contributed by atoms with Gasteiger partial charge in [0.2, 0.25) is 0 Å². The van der Waals surface area contributed by atoms with Crippen LogP contribution in [0.4, 0.5) is 0 Å². The van der Waals surface area contributed by atoms with Gasteiger partial charge in [-0.15, -0.1) is 0 Å². The normalized spacial score (nSPS) is 40.0. The van der Waals surface area contributed by atoms with Gasteiger partial charge in [0.15, 0.2) is 0 Å². The molecule has 0 bridgehead atoms. The molecule has 1 aliphatic carbocycles. The predicted molar refractivity (Wildman–Crippen MR) is 38.9 cm³/mol. The summed E-state index contributed by atoms with van der Waals surface area (Å²) in [5.41, 5.74) is 11.6. The molecule has 0 saturated heterocycles. The van der Waals surface area contributed by atoms with Gasteiger partial charge in [-0.2, -0.15) is 0 Å². The molecular formula is C7H16N2. The van der Waals surface area contributed by atoms with E-state index in [0.717, 1.165) is 13.0 Å². The largest absolute Gasteiger partial charge is 0.330 e. The van der Waals surface area contributed by atoms with Crippen LogP contribution in [0.1, 0.15) is 20.3 Å². The summed E-state index contributed by atoms with van der Waals surface area (Å²) in [6.07, 6.45) is 1.11. The molecule has 1 fully saturated rings. The fraction of sp³-hybridized carbons (Fsp3) is 1.00. The molecule has 1 saturated carbocycles. The fourth-order valence-electron chi connectivity index (χ4n) is 1.46. The van der Waals surface area contributed by atoms with Crippen LogP contribution in [-0.4, -0.2) is 12.6 Å². The van der Waals surface area contributed by atoms with Crippen molar-refractivity contribution in [2.75, 3.05) is 6.54 Å². The van der Waals surface area contributed by atoms with Gasteiger partial charge >= 0.3 is 0 Å².